The molecule has 146 valence electrons. The standard InChI is InChI=1S/C21H27FN2O2S/c1-3-4-11-23-20(25)15-9-10-18-17(12-15)24(2)21(26)19(27-18)13-14-7-5-6-8-16(14)22/h5-8,13,15,17-18H,3-4,9-12H2,1-2H3,(H,23,25)/b19-13-. The SMILES string of the molecule is CCCCNC(=O)C1CCC2S/C(=C\c3ccccc3F)C(=O)N(C)C2C1. The van der Waals surface area contributed by atoms with E-state index in [1.807, 2.05) is 0 Å². The highest BCUT2D eigenvalue weighted by Gasteiger charge is 2.42. The number of unbranched alkanes of at least 4 members (excludes halogenated alkanes) is 1. The molecule has 2 amide bonds. The first-order chi connectivity index (χ1) is 13.0. The molecule has 2 aliphatic rings. The van der Waals surface area contributed by atoms with Gasteiger partial charge in [0.25, 0.3) is 5.91 Å². The summed E-state index contributed by atoms with van der Waals surface area (Å²) in [4.78, 5) is 27.5. The first-order valence-corrected chi connectivity index (χ1v) is 10.6. The molecule has 0 bridgehead atoms. The topological polar surface area (TPSA) is 49.4 Å². The van der Waals surface area contributed by atoms with Gasteiger partial charge in [-0.1, -0.05) is 31.5 Å². The number of benzene rings is 1. The van der Waals surface area contributed by atoms with E-state index in [2.05, 4.69) is 12.2 Å². The van der Waals surface area contributed by atoms with Gasteiger partial charge in [0.05, 0.1) is 4.91 Å². The Labute approximate surface area is 164 Å². The van der Waals surface area contributed by atoms with Crippen molar-refractivity contribution in [2.45, 2.75) is 50.3 Å². The van der Waals surface area contributed by atoms with Crippen LogP contribution in [-0.4, -0.2) is 41.6 Å². The molecule has 1 saturated carbocycles. The van der Waals surface area contributed by atoms with Crippen LogP contribution in [0, 0.1) is 11.7 Å². The zero-order valence-corrected chi connectivity index (χ0v) is 16.7. The number of rotatable bonds is 5. The molecule has 1 aromatic carbocycles. The third kappa shape index (κ3) is 4.54. The second-order valence-electron chi connectivity index (χ2n) is 7.32. The second kappa shape index (κ2) is 8.91. The smallest absolute Gasteiger partial charge is 0.260 e. The van der Waals surface area contributed by atoms with Gasteiger partial charge in [-0.15, -0.1) is 11.8 Å². The molecule has 1 saturated heterocycles. The Morgan fingerprint density at radius 1 is 1.37 bits per heavy atom. The average molecular weight is 391 g/mol. The number of carbonyl (C=O) groups is 2. The summed E-state index contributed by atoms with van der Waals surface area (Å²) < 4.78 is 13.9. The number of fused-ring (bicyclic) bond motifs is 1. The molecule has 2 fully saturated rings. The van der Waals surface area contributed by atoms with Gasteiger partial charge in [0.1, 0.15) is 5.82 Å². The molecule has 0 spiro atoms. The van der Waals surface area contributed by atoms with Crippen LogP contribution < -0.4 is 5.32 Å². The van der Waals surface area contributed by atoms with Crippen LogP contribution in [-0.2, 0) is 9.59 Å². The highest BCUT2D eigenvalue weighted by Crippen LogP contribution is 2.43. The van der Waals surface area contributed by atoms with Gasteiger partial charge in [-0.2, -0.15) is 0 Å². The number of likely N-dealkylation sites (N-methyl/N-ethyl adjacent to an activating group) is 1. The lowest BCUT2D eigenvalue weighted by molar-refractivity contribution is -0.131. The largest absolute Gasteiger partial charge is 0.356 e. The maximum atomic E-state index is 13.9. The van der Waals surface area contributed by atoms with Gasteiger partial charge in [0, 0.05) is 36.4 Å². The molecule has 1 heterocycles. The fourth-order valence-corrected chi connectivity index (χ4v) is 5.27. The predicted octanol–water partition coefficient (Wildman–Crippen LogP) is 3.83. The van der Waals surface area contributed by atoms with E-state index in [0.717, 1.165) is 32.2 Å². The number of hydrogen-bond donors (Lipinski definition) is 1. The molecule has 3 atom stereocenters. The second-order valence-corrected chi connectivity index (χ2v) is 8.61. The summed E-state index contributed by atoms with van der Waals surface area (Å²) >= 11 is 1.54. The van der Waals surface area contributed by atoms with Gasteiger partial charge in [0.15, 0.2) is 0 Å². The molecule has 1 aliphatic heterocycles. The molecular formula is C21H27FN2O2S. The summed E-state index contributed by atoms with van der Waals surface area (Å²) in [5, 5.41) is 3.28. The van der Waals surface area contributed by atoms with Crippen LogP contribution >= 0.6 is 11.8 Å². The van der Waals surface area contributed by atoms with Crippen molar-refractivity contribution in [2.24, 2.45) is 5.92 Å². The quantitative estimate of drug-likeness (QED) is 0.614. The van der Waals surface area contributed by atoms with Crippen LogP contribution in [0.4, 0.5) is 4.39 Å². The number of thioether (sulfide) groups is 1. The molecule has 1 aliphatic carbocycles. The zero-order chi connectivity index (χ0) is 19.4. The monoisotopic (exact) mass is 390 g/mol. The first kappa shape index (κ1) is 19.9. The van der Waals surface area contributed by atoms with Gasteiger partial charge < -0.3 is 10.2 Å². The maximum absolute atomic E-state index is 13.9. The minimum absolute atomic E-state index is 0.0314. The average Bonchev–Trinajstić information content (AvgIpc) is 2.67. The molecule has 1 aromatic rings. The molecule has 3 rings (SSSR count). The van der Waals surface area contributed by atoms with Crippen LogP contribution in [0.5, 0.6) is 0 Å². The molecule has 6 heteroatoms. The van der Waals surface area contributed by atoms with Crippen LogP contribution in [0.15, 0.2) is 29.2 Å². The third-order valence-corrected chi connectivity index (χ3v) is 6.85. The fraction of sp³-hybridized carbons (Fsp3) is 0.524. The van der Waals surface area contributed by atoms with E-state index in [1.165, 1.54) is 17.8 Å². The summed E-state index contributed by atoms with van der Waals surface area (Å²) in [7, 11) is 1.80. The van der Waals surface area contributed by atoms with Crippen LogP contribution in [0.1, 0.15) is 44.6 Å². The number of nitrogens with one attached hydrogen (secondary N) is 1. The molecular weight excluding hydrogens is 363 g/mol. The normalized spacial score (nSPS) is 26.8. The minimum atomic E-state index is -0.323. The lowest BCUT2D eigenvalue weighted by Gasteiger charge is -2.44. The Hall–Kier alpha value is -1.82. The summed E-state index contributed by atoms with van der Waals surface area (Å²) in [5.41, 5.74) is 0.434. The number of hydrogen-bond acceptors (Lipinski definition) is 3. The zero-order valence-electron chi connectivity index (χ0n) is 15.9. The van der Waals surface area contributed by atoms with Crippen LogP contribution in [0.2, 0.25) is 0 Å². The molecule has 0 radical (unpaired) electrons. The van der Waals surface area contributed by atoms with Crippen LogP contribution in [0.25, 0.3) is 6.08 Å². The van der Waals surface area contributed by atoms with Gasteiger partial charge in [-0.05, 0) is 37.8 Å². The number of nitrogens with zero attached hydrogens (tertiary/aromatic N) is 1. The van der Waals surface area contributed by atoms with Crippen molar-refractivity contribution in [3.05, 3.63) is 40.6 Å². The fourth-order valence-electron chi connectivity index (χ4n) is 3.80. The van der Waals surface area contributed by atoms with Crippen molar-refractivity contribution in [2.75, 3.05) is 13.6 Å². The predicted molar refractivity (Wildman–Crippen MR) is 108 cm³/mol. The lowest BCUT2D eigenvalue weighted by Crippen LogP contribution is -2.52. The van der Waals surface area contributed by atoms with E-state index in [9.17, 15) is 14.0 Å². The minimum Gasteiger partial charge on any atom is -0.356 e. The van der Waals surface area contributed by atoms with Gasteiger partial charge >= 0.3 is 0 Å². The van der Waals surface area contributed by atoms with Gasteiger partial charge in [0.2, 0.25) is 5.91 Å². The van der Waals surface area contributed by atoms with E-state index in [0.29, 0.717) is 16.9 Å². The van der Waals surface area contributed by atoms with Crippen molar-refractivity contribution in [1.29, 1.82) is 0 Å². The van der Waals surface area contributed by atoms with Gasteiger partial charge in [-0.3, -0.25) is 9.59 Å². The summed E-state index contributed by atoms with van der Waals surface area (Å²) in [6.45, 7) is 2.82. The maximum Gasteiger partial charge on any atom is 0.260 e. The van der Waals surface area contributed by atoms with Crippen molar-refractivity contribution in [1.82, 2.24) is 10.2 Å². The van der Waals surface area contributed by atoms with Crippen molar-refractivity contribution >= 4 is 29.7 Å². The number of amides is 2. The molecule has 0 aromatic heterocycles. The Balaban J connectivity index is 1.69. The third-order valence-electron chi connectivity index (χ3n) is 5.45. The summed E-state index contributed by atoms with van der Waals surface area (Å²) in [6, 6.07) is 6.54. The van der Waals surface area contributed by atoms with E-state index >= 15 is 0 Å². The molecule has 27 heavy (non-hydrogen) atoms. The highest BCUT2D eigenvalue weighted by molar-refractivity contribution is 8.04. The highest BCUT2D eigenvalue weighted by atomic mass is 32.2. The Morgan fingerprint density at radius 3 is 2.89 bits per heavy atom. The van der Waals surface area contributed by atoms with E-state index in [1.54, 1.807) is 36.2 Å². The van der Waals surface area contributed by atoms with E-state index in [4.69, 9.17) is 0 Å². The molecule has 3 unspecified atom stereocenters. The Bertz CT molecular complexity index is 737. The van der Waals surface area contributed by atoms with Crippen molar-refractivity contribution in [3.8, 4) is 0 Å². The Morgan fingerprint density at radius 2 is 2.15 bits per heavy atom. The summed E-state index contributed by atoms with van der Waals surface area (Å²) in [5.74, 6) is -0.330. The number of halogens is 1. The summed E-state index contributed by atoms with van der Waals surface area (Å²) in [6.07, 6.45) is 6.11. The van der Waals surface area contributed by atoms with Gasteiger partial charge in [-0.25, -0.2) is 4.39 Å². The Kier molecular flexibility index (Phi) is 6.58. The first-order valence-electron chi connectivity index (χ1n) is 9.69. The van der Waals surface area contributed by atoms with E-state index < -0.39 is 0 Å². The number of carbonyl (C=O) groups excluding carboxylic acids is 2. The molecule has 4 nitrogen and oxygen atoms in total. The lowest BCUT2D eigenvalue weighted by atomic mass is 9.83. The van der Waals surface area contributed by atoms with Crippen LogP contribution in [0.3, 0.4) is 0 Å². The van der Waals surface area contributed by atoms with E-state index in [-0.39, 0.29) is 34.8 Å². The molecule has 1 N–H and O–H groups in total. The van der Waals surface area contributed by atoms with Crippen molar-refractivity contribution < 1.29 is 14.0 Å². The van der Waals surface area contributed by atoms with Crippen molar-refractivity contribution in [3.63, 3.8) is 0 Å².